The molecular weight excluding hydrogens is 960 g/mol. The van der Waals surface area contributed by atoms with Crippen molar-refractivity contribution < 1.29 is 32.9 Å². The van der Waals surface area contributed by atoms with Crippen LogP contribution in [0.15, 0.2) is 109 Å². The smallest absolute Gasteiger partial charge is 0.387 e. The Kier molecular flexibility index (Phi) is 54.7. The van der Waals surface area contributed by atoms with Gasteiger partial charge in [0, 0.05) is 6.42 Å². The van der Waals surface area contributed by atoms with Gasteiger partial charge in [0.05, 0.1) is 39.9 Å². The third-order valence-corrected chi connectivity index (χ3v) is 14.4. The minimum absolute atomic E-state index is 0.0511. The molecule has 0 bridgehead atoms. The highest BCUT2D eigenvalue weighted by atomic mass is 31.2. The summed E-state index contributed by atoms with van der Waals surface area (Å²) in [7, 11) is 1.54. The number of nitrogens with zero attached hydrogens (tertiary/aromatic N) is 1. The highest BCUT2D eigenvalue weighted by Crippen LogP contribution is 2.43. The summed E-state index contributed by atoms with van der Waals surface area (Å²) in [6, 6.07) is -0.872. The van der Waals surface area contributed by atoms with Crippen LogP contribution in [-0.2, 0) is 18.4 Å². The van der Waals surface area contributed by atoms with Crippen molar-refractivity contribution in [1.82, 2.24) is 5.32 Å². The number of aliphatic hydroxyl groups excluding tert-OH is 1. The molecule has 0 heterocycles. The SMILES string of the molecule is CC/C=C\C/C=C\C/C=C\C/C=C\C/C=C\C/C=C\CCCCCCCCCCCCCCCCCCCCCCCCC(=O)NC(COP(=O)(O)OCC[N+](C)(C)C)C(O)/C=C/CC/C=C/CC/C=C/CCCCC. The van der Waals surface area contributed by atoms with Crippen LogP contribution in [0.3, 0.4) is 0 Å². The molecule has 0 saturated carbocycles. The molecule has 0 aromatic rings. The Bertz CT molecular complexity index is 1600. The van der Waals surface area contributed by atoms with Crippen LogP contribution in [0.1, 0.15) is 258 Å². The van der Waals surface area contributed by atoms with E-state index in [1.54, 1.807) is 6.08 Å². The van der Waals surface area contributed by atoms with Gasteiger partial charge in [-0.2, -0.15) is 0 Å². The van der Waals surface area contributed by atoms with Crippen molar-refractivity contribution in [2.75, 3.05) is 40.9 Å². The summed E-state index contributed by atoms with van der Waals surface area (Å²) < 4.78 is 23.6. The first-order valence-electron chi connectivity index (χ1n) is 31.3. The Morgan fingerprint density at radius 1 is 0.461 bits per heavy atom. The largest absolute Gasteiger partial charge is 0.472 e. The number of amides is 1. The van der Waals surface area contributed by atoms with Crippen molar-refractivity contribution in [1.29, 1.82) is 0 Å². The molecule has 0 radical (unpaired) electrons. The minimum atomic E-state index is -4.36. The van der Waals surface area contributed by atoms with Crippen molar-refractivity contribution in [3.63, 3.8) is 0 Å². The summed E-state index contributed by atoms with van der Waals surface area (Å²) in [4.78, 5) is 23.3. The summed E-state index contributed by atoms with van der Waals surface area (Å²) in [6.45, 7) is 4.64. The fourth-order valence-corrected chi connectivity index (χ4v) is 9.34. The Morgan fingerprint density at radius 2 is 0.803 bits per heavy atom. The van der Waals surface area contributed by atoms with Crippen LogP contribution in [0.5, 0.6) is 0 Å². The van der Waals surface area contributed by atoms with Gasteiger partial charge in [0.15, 0.2) is 0 Å². The van der Waals surface area contributed by atoms with E-state index >= 15 is 0 Å². The fourth-order valence-electron chi connectivity index (χ4n) is 8.61. The number of phosphoric acid groups is 1. The lowest BCUT2D eigenvalue weighted by atomic mass is 10.0. The van der Waals surface area contributed by atoms with E-state index < -0.39 is 20.0 Å². The molecule has 8 nitrogen and oxygen atoms in total. The highest BCUT2D eigenvalue weighted by molar-refractivity contribution is 7.47. The van der Waals surface area contributed by atoms with Gasteiger partial charge in [0.1, 0.15) is 13.2 Å². The number of quaternary nitrogens is 1. The summed E-state index contributed by atoms with van der Waals surface area (Å²) in [5.74, 6) is -0.192. The van der Waals surface area contributed by atoms with Crippen LogP contribution >= 0.6 is 7.82 Å². The number of aliphatic hydroxyl groups is 1. The van der Waals surface area contributed by atoms with E-state index in [4.69, 9.17) is 9.05 Å². The molecule has 0 saturated heterocycles. The van der Waals surface area contributed by atoms with E-state index in [1.165, 1.54) is 148 Å². The zero-order valence-corrected chi connectivity index (χ0v) is 50.9. The second-order valence-corrected chi connectivity index (χ2v) is 23.5. The molecule has 9 heteroatoms. The quantitative estimate of drug-likeness (QED) is 0.0243. The summed E-state index contributed by atoms with van der Waals surface area (Å²) in [5.41, 5.74) is 0. The van der Waals surface area contributed by atoms with Gasteiger partial charge >= 0.3 is 7.82 Å². The average Bonchev–Trinajstić information content (AvgIpc) is 3.38. The molecule has 0 aliphatic carbocycles. The summed E-state index contributed by atoms with van der Waals surface area (Å²) in [5, 5.41) is 13.9. The minimum Gasteiger partial charge on any atom is -0.387 e. The second-order valence-electron chi connectivity index (χ2n) is 22.0. The van der Waals surface area contributed by atoms with Crippen LogP contribution in [0, 0.1) is 0 Å². The van der Waals surface area contributed by atoms with Gasteiger partial charge in [0.25, 0.3) is 0 Å². The normalized spacial score (nSPS) is 14.6. The highest BCUT2D eigenvalue weighted by Gasteiger charge is 2.27. The summed E-state index contributed by atoms with van der Waals surface area (Å²) in [6.07, 6.45) is 83.8. The molecule has 0 rings (SSSR count). The predicted molar refractivity (Wildman–Crippen MR) is 332 cm³/mol. The molecule has 438 valence electrons. The first kappa shape index (κ1) is 73.2. The topological polar surface area (TPSA) is 105 Å². The van der Waals surface area contributed by atoms with Gasteiger partial charge in [-0.15, -0.1) is 0 Å². The van der Waals surface area contributed by atoms with Crippen LogP contribution in [0.4, 0.5) is 0 Å². The zero-order chi connectivity index (χ0) is 55.6. The van der Waals surface area contributed by atoms with Crippen molar-refractivity contribution in [2.24, 2.45) is 0 Å². The third-order valence-electron chi connectivity index (χ3n) is 13.5. The van der Waals surface area contributed by atoms with E-state index in [2.05, 4.69) is 116 Å². The molecule has 0 aromatic carbocycles. The van der Waals surface area contributed by atoms with Gasteiger partial charge in [0.2, 0.25) is 5.91 Å². The average molecular weight is 1080 g/mol. The number of allylic oxidation sites excluding steroid dienone is 17. The Morgan fingerprint density at radius 3 is 1.21 bits per heavy atom. The molecule has 0 aliphatic heterocycles. The molecule has 3 N–H and O–H groups in total. The van der Waals surface area contributed by atoms with Gasteiger partial charge in [-0.25, -0.2) is 4.57 Å². The molecule has 0 aromatic heterocycles. The monoisotopic (exact) mass is 1080 g/mol. The van der Waals surface area contributed by atoms with Crippen molar-refractivity contribution >= 4 is 13.7 Å². The van der Waals surface area contributed by atoms with Gasteiger partial charge in [-0.3, -0.25) is 13.8 Å². The molecule has 0 aliphatic rings. The van der Waals surface area contributed by atoms with Crippen molar-refractivity contribution in [3.8, 4) is 0 Å². The van der Waals surface area contributed by atoms with E-state index in [1.807, 2.05) is 27.2 Å². The number of hydrogen-bond donors (Lipinski definition) is 3. The number of unbranched alkanes of at least 4 members (excludes halogenated alkanes) is 27. The number of likely N-dealkylation sites (N-methyl/N-ethyl adjacent to an activating group) is 1. The predicted octanol–water partition coefficient (Wildman–Crippen LogP) is 19.5. The number of rotatable bonds is 56. The lowest BCUT2D eigenvalue weighted by molar-refractivity contribution is -0.870. The van der Waals surface area contributed by atoms with Gasteiger partial charge in [-0.1, -0.05) is 264 Å². The molecule has 1 amide bonds. The third kappa shape index (κ3) is 58.8. The molecule has 0 spiro atoms. The first-order chi connectivity index (χ1) is 37.0. The maximum absolute atomic E-state index is 13.0. The Balaban J connectivity index is 3.93. The molecular formula is C67H120N2O6P+. The molecule has 3 unspecified atom stereocenters. The number of hydrogen-bond acceptors (Lipinski definition) is 5. The van der Waals surface area contributed by atoms with Crippen LogP contribution in [0.2, 0.25) is 0 Å². The second kappa shape index (κ2) is 56.9. The zero-order valence-electron chi connectivity index (χ0n) is 50.0. The Labute approximate surface area is 470 Å². The maximum Gasteiger partial charge on any atom is 0.472 e. The maximum atomic E-state index is 13.0. The number of nitrogens with one attached hydrogen (secondary N) is 1. The van der Waals surface area contributed by atoms with Gasteiger partial charge < -0.3 is 19.8 Å². The van der Waals surface area contributed by atoms with Crippen LogP contribution < -0.4 is 5.32 Å². The van der Waals surface area contributed by atoms with E-state index in [0.717, 1.165) is 89.9 Å². The lowest BCUT2D eigenvalue weighted by Gasteiger charge is -2.25. The van der Waals surface area contributed by atoms with Crippen LogP contribution in [-0.4, -0.2) is 73.4 Å². The van der Waals surface area contributed by atoms with Crippen molar-refractivity contribution in [2.45, 2.75) is 270 Å². The van der Waals surface area contributed by atoms with Crippen LogP contribution in [0.25, 0.3) is 0 Å². The van der Waals surface area contributed by atoms with E-state index in [9.17, 15) is 19.4 Å². The number of phosphoric ester groups is 1. The van der Waals surface area contributed by atoms with E-state index in [-0.39, 0.29) is 19.1 Å². The fraction of sp³-hybridized carbons (Fsp3) is 0.716. The standard InChI is InChI=1S/C67H119N2O6P/c1-6-8-10-12-14-16-18-20-21-22-23-24-25-26-27-28-29-30-31-32-33-34-35-36-37-38-39-40-41-42-43-44-45-46-47-49-51-53-55-57-59-61-67(71)68-65(64-75-76(72,73)74-63-62-69(3,4)5)66(70)60-58-56-54-52-50-48-19-17-15-13-11-9-7-2/h8,10,14-17,20-21,23-24,26-27,29-30,50,52,58,60,65-66,70H,6-7,9,11-13,18-19,22,25,28,31-49,51,53-57,59,61-64H2,1-5H3,(H-,68,71,72,73)/p+1/b10-8-,16-14-,17-15+,21-20-,24-23-,27-26-,30-29-,52-50+,60-58+. The molecule has 3 atom stereocenters. The number of carbonyl (C=O) groups is 1. The van der Waals surface area contributed by atoms with Crippen molar-refractivity contribution in [3.05, 3.63) is 109 Å². The Hall–Kier alpha value is -2.84. The lowest BCUT2D eigenvalue weighted by Crippen LogP contribution is -2.45. The van der Waals surface area contributed by atoms with Gasteiger partial charge in [-0.05, 0) is 96.3 Å². The van der Waals surface area contributed by atoms with E-state index in [0.29, 0.717) is 17.4 Å². The number of carbonyl (C=O) groups excluding carboxylic acids is 1. The summed E-state index contributed by atoms with van der Waals surface area (Å²) >= 11 is 0. The molecule has 0 fully saturated rings. The first-order valence-corrected chi connectivity index (χ1v) is 32.8. The molecule has 76 heavy (non-hydrogen) atoms.